The highest BCUT2D eigenvalue weighted by atomic mass is 32.2. The van der Waals surface area contributed by atoms with E-state index in [-0.39, 0.29) is 0 Å². The van der Waals surface area contributed by atoms with E-state index in [4.69, 9.17) is 0 Å². The zero-order chi connectivity index (χ0) is 15.0. The van der Waals surface area contributed by atoms with Crippen LogP contribution < -0.4 is 5.32 Å². The van der Waals surface area contributed by atoms with Crippen molar-refractivity contribution in [2.24, 2.45) is 0 Å². The third-order valence-corrected chi connectivity index (χ3v) is 5.91. The molecule has 1 aliphatic rings. The van der Waals surface area contributed by atoms with Crippen molar-refractivity contribution in [3.8, 4) is 0 Å². The summed E-state index contributed by atoms with van der Waals surface area (Å²) in [5.41, 5.74) is 6.30. The number of nitrogens with zero attached hydrogens (tertiary/aromatic N) is 1. The molecular formula is C20H12N2S. The number of aromatic nitrogens is 1. The van der Waals surface area contributed by atoms with Crippen LogP contribution in [0.15, 0.2) is 76.5 Å². The van der Waals surface area contributed by atoms with Gasteiger partial charge < -0.3 is 9.72 Å². The molecule has 1 aliphatic heterocycles. The lowest BCUT2D eigenvalue weighted by atomic mass is 10.1. The van der Waals surface area contributed by atoms with Crippen molar-refractivity contribution in [2.75, 3.05) is 5.32 Å². The lowest BCUT2D eigenvalue weighted by molar-refractivity contribution is 1.34. The second kappa shape index (κ2) is 4.00. The summed E-state index contributed by atoms with van der Waals surface area (Å²) in [5.74, 6) is 0. The predicted molar refractivity (Wildman–Crippen MR) is 97.4 cm³/mol. The molecule has 0 aliphatic carbocycles. The smallest absolute Gasteiger partial charge is 0.0792 e. The summed E-state index contributed by atoms with van der Waals surface area (Å²) in [6, 6.07) is 23.8. The summed E-state index contributed by atoms with van der Waals surface area (Å²) in [4.78, 5) is 2.62. The summed E-state index contributed by atoms with van der Waals surface area (Å²) in [7, 11) is 0. The summed E-state index contributed by atoms with van der Waals surface area (Å²) < 4.78 is 2.40. The minimum atomic E-state index is 1.20. The molecular weight excluding hydrogens is 300 g/mol. The highest BCUT2D eigenvalue weighted by molar-refractivity contribution is 8.00. The van der Waals surface area contributed by atoms with Gasteiger partial charge in [0.1, 0.15) is 0 Å². The molecule has 2 nitrogen and oxygen atoms in total. The molecule has 0 amide bonds. The van der Waals surface area contributed by atoms with Gasteiger partial charge in [-0.25, -0.2) is 0 Å². The number of benzene rings is 2. The average Bonchev–Trinajstić information content (AvgIpc) is 3.11. The molecule has 3 heteroatoms. The third-order valence-electron chi connectivity index (χ3n) is 4.73. The van der Waals surface area contributed by atoms with Crippen LogP contribution in [-0.4, -0.2) is 4.40 Å². The van der Waals surface area contributed by atoms with Gasteiger partial charge in [0.25, 0.3) is 0 Å². The quantitative estimate of drug-likeness (QED) is 0.376. The van der Waals surface area contributed by atoms with Crippen LogP contribution in [0.1, 0.15) is 0 Å². The van der Waals surface area contributed by atoms with Crippen LogP contribution in [0.2, 0.25) is 0 Å². The topological polar surface area (TPSA) is 16.4 Å². The van der Waals surface area contributed by atoms with Gasteiger partial charge in [0, 0.05) is 15.7 Å². The Kier molecular flexibility index (Phi) is 2.06. The van der Waals surface area contributed by atoms with E-state index in [1.54, 1.807) is 0 Å². The highest BCUT2D eigenvalue weighted by Gasteiger charge is 2.26. The van der Waals surface area contributed by atoms with Gasteiger partial charge in [-0.05, 0) is 24.3 Å². The van der Waals surface area contributed by atoms with Gasteiger partial charge in [-0.2, -0.15) is 0 Å². The maximum Gasteiger partial charge on any atom is 0.0792 e. The van der Waals surface area contributed by atoms with E-state index in [9.17, 15) is 0 Å². The number of para-hydroxylation sites is 1. The van der Waals surface area contributed by atoms with Crippen molar-refractivity contribution in [3.63, 3.8) is 0 Å². The molecule has 0 saturated heterocycles. The molecule has 3 aromatic heterocycles. The fourth-order valence-corrected chi connectivity index (χ4v) is 4.92. The van der Waals surface area contributed by atoms with Crippen LogP contribution in [0.4, 0.5) is 11.4 Å². The van der Waals surface area contributed by atoms with Gasteiger partial charge >= 0.3 is 0 Å². The lowest BCUT2D eigenvalue weighted by Crippen LogP contribution is -1.97. The van der Waals surface area contributed by atoms with Crippen LogP contribution in [0, 0.1) is 0 Å². The first-order valence-electron chi connectivity index (χ1n) is 7.73. The Balaban J connectivity index is 1.83. The summed E-state index contributed by atoms with van der Waals surface area (Å²) in [5, 5.41) is 6.32. The zero-order valence-electron chi connectivity index (χ0n) is 12.2. The van der Waals surface area contributed by atoms with Crippen molar-refractivity contribution in [1.29, 1.82) is 0 Å². The first-order chi connectivity index (χ1) is 11.4. The average molecular weight is 312 g/mol. The molecule has 6 rings (SSSR count). The Morgan fingerprint density at radius 3 is 2.48 bits per heavy atom. The molecule has 4 heterocycles. The lowest BCUT2D eigenvalue weighted by Gasteiger charge is -2.18. The van der Waals surface area contributed by atoms with Crippen molar-refractivity contribution < 1.29 is 0 Å². The number of nitrogens with one attached hydrogen (secondary N) is 1. The van der Waals surface area contributed by atoms with Crippen LogP contribution in [-0.2, 0) is 0 Å². The zero-order valence-corrected chi connectivity index (χ0v) is 13.0. The summed E-state index contributed by atoms with van der Waals surface area (Å²) >= 11 is 1.87. The molecule has 0 atom stereocenters. The Morgan fingerprint density at radius 2 is 1.52 bits per heavy atom. The maximum atomic E-state index is 3.65. The molecule has 0 radical (unpaired) electrons. The van der Waals surface area contributed by atoms with E-state index >= 15 is 0 Å². The minimum Gasteiger partial charge on any atom is -0.352 e. The molecule has 0 bridgehead atoms. The molecule has 0 fully saturated rings. The van der Waals surface area contributed by atoms with Gasteiger partial charge in [-0.3, -0.25) is 0 Å². The number of anilines is 2. The molecule has 2 aromatic carbocycles. The van der Waals surface area contributed by atoms with Gasteiger partial charge in [0.05, 0.1) is 32.8 Å². The first-order valence-corrected chi connectivity index (χ1v) is 8.54. The second-order valence-corrected chi connectivity index (χ2v) is 7.01. The monoisotopic (exact) mass is 312 g/mol. The third kappa shape index (κ3) is 1.36. The van der Waals surface area contributed by atoms with Crippen LogP contribution >= 0.6 is 11.8 Å². The molecule has 108 valence electrons. The molecule has 0 spiro atoms. The normalized spacial score (nSPS) is 13.4. The standard InChI is InChI=1S/C20H12N2S/c1-2-7-13-12(6-1)15-9-5-10-16-18-20(19(13)22(15)16)23-17-11-4-3-8-14(17)21-18/h1-11,21H. The van der Waals surface area contributed by atoms with E-state index in [1.807, 2.05) is 11.8 Å². The van der Waals surface area contributed by atoms with Crippen molar-refractivity contribution in [2.45, 2.75) is 9.79 Å². The predicted octanol–water partition coefficient (Wildman–Crippen LogP) is 5.89. The van der Waals surface area contributed by atoms with E-state index in [0.29, 0.717) is 0 Å². The van der Waals surface area contributed by atoms with Gasteiger partial charge in [0.2, 0.25) is 0 Å². The van der Waals surface area contributed by atoms with E-state index in [1.165, 1.54) is 48.5 Å². The number of hydrogen-bond acceptors (Lipinski definition) is 2. The van der Waals surface area contributed by atoms with E-state index in [0.717, 1.165) is 0 Å². The Labute approximate surface area is 137 Å². The van der Waals surface area contributed by atoms with Crippen molar-refractivity contribution in [1.82, 2.24) is 4.40 Å². The number of hydrogen-bond donors (Lipinski definition) is 1. The first kappa shape index (κ1) is 11.9. The summed E-state index contributed by atoms with van der Waals surface area (Å²) in [6.07, 6.45) is 0. The van der Waals surface area contributed by atoms with E-state index < -0.39 is 0 Å². The fraction of sp³-hybridized carbons (Fsp3) is 0. The number of fused-ring (bicyclic) bond motifs is 7. The maximum absolute atomic E-state index is 3.65. The van der Waals surface area contributed by atoms with E-state index in [2.05, 4.69) is 76.4 Å². The highest BCUT2D eigenvalue weighted by Crippen LogP contribution is 2.52. The SMILES string of the molecule is c1ccc2c(c1)Nc1c(c3c4ccccc4c4cccc1n43)S2. The van der Waals surface area contributed by atoms with Crippen molar-refractivity contribution in [3.05, 3.63) is 66.7 Å². The fourth-order valence-electron chi connectivity index (χ4n) is 3.77. The second-order valence-electron chi connectivity index (χ2n) is 5.95. The van der Waals surface area contributed by atoms with Gasteiger partial charge in [-0.15, -0.1) is 0 Å². The minimum absolute atomic E-state index is 1.20. The Bertz CT molecular complexity index is 1220. The van der Waals surface area contributed by atoms with Crippen molar-refractivity contribution >= 4 is 50.5 Å². The van der Waals surface area contributed by atoms with Crippen LogP contribution in [0.25, 0.3) is 27.3 Å². The van der Waals surface area contributed by atoms with Crippen LogP contribution in [0.5, 0.6) is 0 Å². The van der Waals surface area contributed by atoms with Gasteiger partial charge in [0.15, 0.2) is 0 Å². The molecule has 0 saturated carbocycles. The molecule has 5 aromatic rings. The molecule has 1 N–H and O–H groups in total. The number of rotatable bonds is 0. The Morgan fingerprint density at radius 1 is 0.739 bits per heavy atom. The summed E-state index contributed by atoms with van der Waals surface area (Å²) in [6.45, 7) is 0. The molecule has 23 heavy (non-hydrogen) atoms. The number of pyridine rings is 1. The molecule has 0 unspecified atom stereocenters. The van der Waals surface area contributed by atoms with Crippen LogP contribution in [0.3, 0.4) is 0 Å². The Hall–Kier alpha value is -2.65. The largest absolute Gasteiger partial charge is 0.352 e. The van der Waals surface area contributed by atoms with Gasteiger partial charge in [-0.1, -0.05) is 54.2 Å².